The molecule has 0 saturated heterocycles. The third kappa shape index (κ3) is 3.28. The molecule has 4 heteroatoms. The summed E-state index contributed by atoms with van der Waals surface area (Å²) in [4.78, 5) is 4.10. The minimum atomic E-state index is 0.229. The molecular weight excluding hydrogens is 240 g/mol. The number of methoxy groups -OCH3 is 1. The molecule has 4 nitrogen and oxygen atoms in total. The van der Waals surface area contributed by atoms with Gasteiger partial charge in [0.15, 0.2) is 0 Å². The van der Waals surface area contributed by atoms with Crippen LogP contribution < -0.4 is 10.5 Å². The number of nitrogens with zero attached hydrogens (tertiary/aromatic N) is 1. The summed E-state index contributed by atoms with van der Waals surface area (Å²) in [6.45, 7) is 4.33. The molecule has 1 aromatic carbocycles. The number of rotatable bonds is 5. The van der Waals surface area contributed by atoms with Crippen LogP contribution in [0.4, 0.5) is 6.01 Å². The van der Waals surface area contributed by atoms with Crippen molar-refractivity contribution in [2.24, 2.45) is 0 Å². The predicted molar refractivity (Wildman–Crippen MR) is 75.4 cm³/mol. The molecule has 0 fully saturated rings. The molecule has 102 valence electrons. The number of anilines is 1. The number of nitrogens with two attached hydrogens (primary N) is 1. The van der Waals surface area contributed by atoms with Gasteiger partial charge in [-0.1, -0.05) is 26.0 Å². The van der Waals surface area contributed by atoms with Gasteiger partial charge in [0.2, 0.25) is 0 Å². The average Bonchev–Trinajstić information content (AvgIpc) is 2.81. The number of aromatic nitrogens is 1. The van der Waals surface area contributed by atoms with Crippen LogP contribution in [0.1, 0.15) is 36.6 Å². The number of aryl methyl sites for hydroxylation is 2. The molecule has 1 aromatic heterocycles. The lowest BCUT2D eigenvalue weighted by atomic mass is 9.97. The van der Waals surface area contributed by atoms with Crippen LogP contribution in [0.3, 0.4) is 0 Å². The van der Waals surface area contributed by atoms with Crippen LogP contribution in [0.2, 0.25) is 0 Å². The molecule has 0 aliphatic rings. The highest BCUT2D eigenvalue weighted by molar-refractivity contribution is 5.39. The minimum Gasteiger partial charge on any atom is -0.496 e. The van der Waals surface area contributed by atoms with Crippen molar-refractivity contribution in [3.05, 3.63) is 41.3 Å². The van der Waals surface area contributed by atoms with E-state index in [-0.39, 0.29) is 6.01 Å². The molecule has 0 aliphatic heterocycles. The summed E-state index contributed by atoms with van der Waals surface area (Å²) in [6.07, 6.45) is 3.35. The Balaban J connectivity index is 2.10. The van der Waals surface area contributed by atoms with Crippen LogP contribution in [-0.4, -0.2) is 12.1 Å². The molecule has 2 rings (SSSR count). The first kappa shape index (κ1) is 13.5. The van der Waals surface area contributed by atoms with Gasteiger partial charge >= 0.3 is 0 Å². The zero-order valence-corrected chi connectivity index (χ0v) is 11.6. The molecule has 0 spiro atoms. The summed E-state index contributed by atoms with van der Waals surface area (Å²) < 4.78 is 10.4. The summed E-state index contributed by atoms with van der Waals surface area (Å²) in [6, 6.07) is 6.55. The summed E-state index contributed by atoms with van der Waals surface area (Å²) in [7, 11) is 1.71. The van der Waals surface area contributed by atoms with Gasteiger partial charge in [0.1, 0.15) is 12.0 Å². The van der Waals surface area contributed by atoms with Crippen LogP contribution in [0, 0.1) is 0 Å². The first-order valence-corrected chi connectivity index (χ1v) is 6.47. The number of benzene rings is 1. The Kier molecular flexibility index (Phi) is 4.10. The maximum atomic E-state index is 5.45. The van der Waals surface area contributed by atoms with Crippen LogP contribution in [-0.2, 0) is 12.8 Å². The van der Waals surface area contributed by atoms with E-state index < -0.39 is 0 Å². The summed E-state index contributed by atoms with van der Waals surface area (Å²) in [5.74, 6) is 1.39. The van der Waals surface area contributed by atoms with Crippen molar-refractivity contribution in [1.29, 1.82) is 0 Å². The van der Waals surface area contributed by atoms with E-state index in [4.69, 9.17) is 14.9 Å². The van der Waals surface area contributed by atoms with Crippen LogP contribution >= 0.6 is 0 Å². The molecule has 1 heterocycles. The van der Waals surface area contributed by atoms with Gasteiger partial charge in [-0.3, -0.25) is 0 Å². The molecule has 19 heavy (non-hydrogen) atoms. The molecule has 2 N–H and O–H groups in total. The van der Waals surface area contributed by atoms with Crippen LogP contribution in [0.25, 0.3) is 0 Å². The molecule has 0 aliphatic carbocycles. The Morgan fingerprint density at radius 1 is 1.32 bits per heavy atom. The Hall–Kier alpha value is -1.97. The highest BCUT2D eigenvalue weighted by atomic mass is 16.5. The van der Waals surface area contributed by atoms with E-state index >= 15 is 0 Å². The van der Waals surface area contributed by atoms with Crippen molar-refractivity contribution >= 4 is 6.01 Å². The van der Waals surface area contributed by atoms with Crippen LogP contribution in [0.15, 0.2) is 28.9 Å². The maximum absolute atomic E-state index is 5.45. The van der Waals surface area contributed by atoms with Crippen molar-refractivity contribution in [1.82, 2.24) is 4.98 Å². The van der Waals surface area contributed by atoms with Crippen LogP contribution in [0.5, 0.6) is 5.75 Å². The normalized spacial score (nSPS) is 10.9. The molecule has 2 aromatic rings. The Morgan fingerprint density at radius 2 is 2.11 bits per heavy atom. The van der Waals surface area contributed by atoms with E-state index in [0.717, 1.165) is 24.3 Å². The molecule has 0 unspecified atom stereocenters. The minimum absolute atomic E-state index is 0.229. The van der Waals surface area contributed by atoms with E-state index in [1.807, 2.05) is 6.07 Å². The van der Waals surface area contributed by atoms with Crippen molar-refractivity contribution in [2.75, 3.05) is 12.8 Å². The van der Waals surface area contributed by atoms with Crippen molar-refractivity contribution < 1.29 is 9.15 Å². The first-order valence-electron chi connectivity index (χ1n) is 6.47. The Labute approximate surface area is 113 Å². The Bertz CT molecular complexity index is 547. The van der Waals surface area contributed by atoms with E-state index in [1.54, 1.807) is 13.4 Å². The number of nitrogen functional groups attached to an aromatic ring is 1. The van der Waals surface area contributed by atoms with Gasteiger partial charge < -0.3 is 14.9 Å². The van der Waals surface area contributed by atoms with Crippen molar-refractivity contribution in [2.45, 2.75) is 32.6 Å². The molecule has 0 atom stereocenters. The van der Waals surface area contributed by atoms with E-state index in [2.05, 4.69) is 31.0 Å². The largest absolute Gasteiger partial charge is 0.496 e. The number of hydrogen-bond acceptors (Lipinski definition) is 4. The van der Waals surface area contributed by atoms with Crippen molar-refractivity contribution in [3.8, 4) is 5.75 Å². The summed E-state index contributed by atoms with van der Waals surface area (Å²) in [5.41, 5.74) is 8.85. The number of ether oxygens (including phenoxy) is 1. The van der Waals surface area contributed by atoms with Gasteiger partial charge in [-0.05, 0) is 36.0 Å². The SMILES string of the molecule is COc1ccc(CCc2coc(N)n2)cc1C(C)C. The predicted octanol–water partition coefficient (Wildman–Crippen LogP) is 3.17. The van der Waals surface area contributed by atoms with Crippen molar-refractivity contribution in [3.63, 3.8) is 0 Å². The van der Waals surface area contributed by atoms with E-state index in [9.17, 15) is 0 Å². The second kappa shape index (κ2) is 5.78. The van der Waals surface area contributed by atoms with Gasteiger partial charge in [0.25, 0.3) is 6.01 Å². The third-order valence-electron chi connectivity index (χ3n) is 3.16. The quantitative estimate of drug-likeness (QED) is 0.897. The molecular formula is C15H20N2O2. The van der Waals surface area contributed by atoms with Gasteiger partial charge in [-0.2, -0.15) is 4.98 Å². The topological polar surface area (TPSA) is 61.3 Å². The maximum Gasteiger partial charge on any atom is 0.292 e. The number of hydrogen-bond donors (Lipinski definition) is 1. The third-order valence-corrected chi connectivity index (χ3v) is 3.16. The standard InChI is InChI=1S/C15H20N2O2/c1-10(2)13-8-11(5-7-14(13)18-3)4-6-12-9-19-15(16)17-12/h5,7-10H,4,6H2,1-3H3,(H2,16,17). The Morgan fingerprint density at radius 3 is 2.68 bits per heavy atom. The average molecular weight is 260 g/mol. The lowest BCUT2D eigenvalue weighted by Crippen LogP contribution is -1.98. The highest BCUT2D eigenvalue weighted by Gasteiger charge is 2.09. The fourth-order valence-corrected chi connectivity index (χ4v) is 2.10. The first-order chi connectivity index (χ1) is 9.10. The van der Waals surface area contributed by atoms with Gasteiger partial charge in [0.05, 0.1) is 12.8 Å². The van der Waals surface area contributed by atoms with Gasteiger partial charge in [0, 0.05) is 0 Å². The van der Waals surface area contributed by atoms with E-state index in [1.165, 1.54) is 11.1 Å². The second-order valence-corrected chi connectivity index (χ2v) is 4.91. The lowest BCUT2D eigenvalue weighted by Gasteiger charge is -2.13. The fourth-order valence-electron chi connectivity index (χ4n) is 2.10. The lowest BCUT2D eigenvalue weighted by molar-refractivity contribution is 0.407. The van der Waals surface area contributed by atoms with E-state index in [0.29, 0.717) is 5.92 Å². The molecule has 0 radical (unpaired) electrons. The summed E-state index contributed by atoms with van der Waals surface area (Å²) >= 11 is 0. The monoisotopic (exact) mass is 260 g/mol. The molecule has 0 bridgehead atoms. The fraction of sp³-hybridized carbons (Fsp3) is 0.400. The highest BCUT2D eigenvalue weighted by Crippen LogP contribution is 2.27. The smallest absolute Gasteiger partial charge is 0.292 e. The summed E-state index contributed by atoms with van der Waals surface area (Å²) in [5, 5.41) is 0. The molecule has 0 amide bonds. The molecule has 0 saturated carbocycles. The zero-order valence-electron chi connectivity index (χ0n) is 11.6. The van der Waals surface area contributed by atoms with Gasteiger partial charge in [-0.25, -0.2) is 0 Å². The second-order valence-electron chi connectivity index (χ2n) is 4.91. The number of oxazole rings is 1. The van der Waals surface area contributed by atoms with Gasteiger partial charge in [-0.15, -0.1) is 0 Å². The zero-order chi connectivity index (χ0) is 13.8.